The zero-order chi connectivity index (χ0) is 10.1. The van der Waals surface area contributed by atoms with Gasteiger partial charge in [-0.05, 0) is 20.3 Å². The average molecular weight is 195 g/mol. The van der Waals surface area contributed by atoms with Gasteiger partial charge in [0.15, 0.2) is 0 Å². The van der Waals surface area contributed by atoms with E-state index < -0.39 is 0 Å². The summed E-state index contributed by atoms with van der Waals surface area (Å²) >= 11 is 0. The number of hydrogen-bond acceptors (Lipinski definition) is 3. The third-order valence-electron chi connectivity index (χ3n) is 2.71. The summed E-state index contributed by atoms with van der Waals surface area (Å²) in [5.41, 5.74) is 1.04. The predicted molar refractivity (Wildman–Crippen MR) is 55.4 cm³/mol. The first-order chi connectivity index (χ1) is 6.66. The molecule has 0 bridgehead atoms. The molecular weight excluding hydrogens is 178 g/mol. The molecule has 2 unspecified atom stereocenters. The number of rotatable bonds is 2. The van der Waals surface area contributed by atoms with Gasteiger partial charge >= 0.3 is 0 Å². The molecule has 14 heavy (non-hydrogen) atoms. The highest BCUT2D eigenvalue weighted by Gasteiger charge is 2.24. The Labute approximate surface area is 84.3 Å². The van der Waals surface area contributed by atoms with Crippen LogP contribution in [0.15, 0.2) is 6.07 Å². The fourth-order valence-electron chi connectivity index (χ4n) is 1.86. The van der Waals surface area contributed by atoms with Crippen molar-refractivity contribution >= 4 is 5.82 Å². The van der Waals surface area contributed by atoms with Crippen LogP contribution in [0.4, 0.5) is 5.82 Å². The van der Waals surface area contributed by atoms with Crippen molar-refractivity contribution in [1.29, 1.82) is 0 Å². The predicted octanol–water partition coefficient (Wildman–Crippen LogP) is 1.32. The summed E-state index contributed by atoms with van der Waals surface area (Å²) in [6, 6.07) is 2.48. The Hall–Kier alpha value is -1.03. The summed E-state index contributed by atoms with van der Waals surface area (Å²) in [5.74, 6) is 1.07. The van der Waals surface area contributed by atoms with Crippen LogP contribution in [0.2, 0.25) is 0 Å². The van der Waals surface area contributed by atoms with Crippen LogP contribution in [0, 0.1) is 6.92 Å². The fraction of sp³-hybridized carbons (Fsp3) is 0.700. The summed E-state index contributed by atoms with van der Waals surface area (Å²) in [6.07, 6.45) is 1.37. The van der Waals surface area contributed by atoms with Gasteiger partial charge in [0.1, 0.15) is 5.82 Å². The maximum atomic E-state index is 5.49. The zero-order valence-corrected chi connectivity index (χ0v) is 8.95. The molecule has 1 aliphatic heterocycles. The lowest BCUT2D eigenvalue weighted by molar-refractivity contribution is 0.121. The lowest BCUT2D eigenvalue weighted by Gasteiger charge is -2.16. The molecule has 4 nitrogen and oxygen atoms in total. The van der Waals surface area contributed by atoms with Crippen molar-refractivity contribution in [2.75, 3.05) is 11.9 Å². The van der Waals surface area contributed by atoms with Crippen molar-refractivity contribution in [2.24, 2.45) is 7.05 Å². The highest BCUT2D eigenvalue weighted by atomic mass is 16.5. The maximum Gasteiger partial charge on any atom is 0.124 e. The number of anilines is 1. The van der Waals surface area contributed by atoms with E-state index in [9.17, 15) is 0 Å². The molecule has 78 valence electrons. The van der Waals surface area contributed by atoms with E-state index in [1.54, 1.807) is 0 Å². The van der Waals surface area contributed by atoms with Gasteiger partial charge in [0.2, 0.25) is 0 Å². The van der Waals surface area contributed by atoms with Gasteiger partial charge in [-0.15, -0.1) is 0 Å². The van der Waals surface area contributed by atoms with Gasteiger partial charge in [0, 0.05) is 19.7 Å². The van der Waals surface area contributed by atoms with Gasteiger partial charge in [-0.2, -0.15) is 5.10 Å². The van der Waals surface area contributed by atoms with Gasteiger partial charge in [-0.25, -0.2) is 0 Å². The van der Waals surface area contributed by atoms with E-state index in [2.05, 4.69) is 23.4 Å². The summed E-state index contributed by atoms with van der Waals surface area (Å²) in [6.45, 7) is 4.96. The van der Waals surface area contributed by atoms with Crippen molar-refractivity contribution in [3.63, 3.8) is 0 Å². The van der Waals surface area contributed by atoms with Crippen LogP contribution >= 0.6 is 0 Å². The molecule has 0 amide bonds. The van der Waals surface area contributed by atoms with Crippen molar-refractivity contribution in [1.82, 2.24) is 9.78 Å². The Balaban J connectivity index is 2.06. The van der Waals surface area contributed by atoms with Crippen molar-refractivity contribution in [2.45, 2.75) is 32.4 Å². The first-order valence-electron chi connectivity index (χ1n) is 5.05. The zero-order valence-electron chi connectivity index (χ0n) is 8.95. The summed E-state index contributed by atoms with van der Waals surface area (Å²) in [4.78, 5) is 0. The molecule has 1 saturated heterocycles. The number of nitrogens with one attached hydrogen (secondary N) is 1. The summed E-state index contributed by atoms with van der Waals surface area (Å²) < 4.78 is 7.37. The van der Waals surface area contributed by atoms with Crippen molar-refractivity contribution < 1.29 is 4.74 Å². The van der Waals surface area contributed by atoms with E-state index in [1.807, 2.05) is 18.7 Å². The standard InChI is InChI=1S/C10H17N3O/c1-7-6-10(13(3)12-7)11-9-4-5-14-8(9)2/h6,8-9,11H,4-5H2,1-3H3. The second-order valence-corrected chi connectivity index (χ2v) is 3.91. The number of ether oxygens (including phenoxy) is 1. The minimum Gasteiger partial charge on any atom is -0.376 e. The highest BCUT2D eigenvalue weighted by Crippen LogP contribution is 2.18. The lowest BCUT2D eigenvalue weighted by atomic mass is 10.1. The van der Waals surface area contributed by atoms with E-state index >= 15 is 0 Å². The van der Waals surface area contributed by atoms with Crippen LogP contribution in [0.3, 0.4) is 0 Å². The largest absolute Gasteiger partial charge is 0.376 e. The van der Waals surface area contributed by atoms with E-state index in [0.29, 0.717) is 12.1 Å². The third kappa shape index (κ3) is 1.75. The second-order valence-electron chi connectivity index (χ2n) is 3.91. The minimum absolute atomic E-state index is 0.296. The maximum absolute atomic E-state index is 5.49. The second kappa shape index (κ2) is 3.61. The smallest absolute Gasteiger partial charge is 0.124 e. The monoisotopic (exact) mass is 195 g/mol. The molecule has 0 aromatic carbocycles. The Bertz CT molecular complexity index is 321. The van der Waals surface area contributed by atoms with Crippen LogP contribution in [0.1, 0.15) is 19.0 Å². The molecule has 1 N–H and O–H groups in total. The van der Waals surface area contributed by atoms with Gasteiger partial charge < -0.3 is 10.1 Å². The summed E-state index contributed by atoms with van der Waals surface area (Å²) in [7, 11) is 1.95. The SMILES string of the molecule is Cc1cc(NC2CCOC2C)n(C)n1. The van der Waals surface area contributed by atoms with Gasteiger partial charge in [-0.3, -0.25) is 4.68 Å². The highest BCUT2D eigenvalue weighted by molar-refractivity contribution is 5.38. The molecule has 2 atom stereocenters. The molecule has 1 aliphatic rings. The average Bonchev–Trinajstić information content (AvgIpc) is 2.62. The topological polar surface area (TPSA) is 39.1 Å². The molecular formula is C10H17N3O. The van der Waals surface area contributed by atoms with E-state index in [0.717, 1.165) is 24.5 Å². The fourth-order valence-corrected chi connectivity index (χ4v) is 1.86. The number of aryl methyl sites for hydroxylation is 2. The van der Waals surface area contributed by atoms with Crippen molar-refractivity contribution in [3.8, 4) is 0 Å². The van der Waals surface area contributed by atoms with Crippen molar-refractivity contribution in [3.05, 3.63) is 11.8 Å². The molecule has 2 rings (SSSR count). The van der Waals surface area contributed by atoms with E-state index in [4.69, 9.17) is 4.74 Å². The van der Waals surface area contributed by atoms with Crippen LogP contribution < -0.4 is 5.32 Å². The Morgan fingerprint density at radius 1 is 1.64 bits per heavy atom. The minimum atomic E-state index is 0.296. The molecule has 1 aromatic rings. The van der Waals surface area contributed by atoms with Crippen LogP contribution in [0.25, 0.3) is 0 Å². The number of hydrogen-bond donors (Lipinski definition) is 1. The van der Waals surface area contributed by atoms with E-state index in [1.165, 1.54) is 0 Å². The molecule has 2 heterocycles. The van der Waals surface area contributed by atoms with Crippen LogP contribution in [-0.2, 0) is 11.8 Å². The molecule has 0 spiro atoms. The van der Waals surface area contributed by atoms with E-state index in [-0.39, 0.29) is 0 Å². The van der Waals surface area contributed by atoms with Crippen LogP contribution in [-0.4, -0.2) is 28.5 Å². The molecule has 0 saturated carbocycles. The van der Waals surface area contributed by atoms with Gasteiger partial charge in [0.25, 0.3) is 0 Å². The first kappa shape index (κ1) is 9.52. The first-order valence-corrected chi connectivity index (χ1v) is 5.05. The van der Waals surface area contributed by atoms with Gasteiger partial charge in [-0.1, -0.05) is 0 Å². The third-order valence-corrected chi connectivity index (χ3v) is 2.71. The quantitative estimate of drug-likeness (QED) is 0.773. The molecule has 0 aliphatic carbocycles. The number of nitrogens with zero attached hydrogens (tertiary/aromatic N) is 2. The molecule has 0 radical (unpaired) electrons. The molecule has 1 aromatic heterocycles. The number of aromatic nitrogens is 2. The normalized spacial score (nSPS) is 26.8. The van der Waals surface area contributed by atoms with Gasteiger partial charge in [0.05, 0.1) is 17.8 Å². The van der Waals surface area contributed by atoms with Crippen LogP contribution in [0.5, 0.6) is 0 Å². The lowest BCUT2D eigenvalue weighted by Crippen LogP contribution is -2.27. The molecule has 1 fully saturated rings. The Morgan fingerprint density at radius 3 is 2.93 bits per heavy atom. The Kier molecular flexibility index (Phi) is 2.46. The summed E-state index contributed by atoms with van der Waals surface area (Å²) in [5, 5.41) is 7.75. The molecule has 4 heteroatoms. The Morgan fingerprint density at radius 2 is 2.43 bits per heavy atom.